The number of halogens is 3. The van der Waals surface area contributed by atoms with E-state index in [1.165, 1.54) is 12.1 Å². The van der Waals surface area contributed by atoms with E-state index in [1.54, 1.807) is 11.0 Å². The second-order valence-corrected chi connectivity index (χ2v) is 14.3. The Morgan fingerprint density at radius 1 is 1.09 bits per heavy atom. The number of nitrogens with zero attached hydrogens (tertiary/aromatic N) is 6. The summed E-state index contributed by atoms with van der Waals surface area (Å²) < 4.78 is 43.4. The summed E-state index contributed by atoms with van der Waals surface area (Å²) in [5.74, 6) is -1.21. The maximum Gasteiger partial charge on any atom is 0.227 e. The van der Waals surface area contributed by atoms with Crippen LogP contribution in [0.15, 0.2) is 30.6 Å². The lowest BCUT2D eigenvalue weighted by molar-refractivity contribution is -0.152. The number of ether oxygens (including phenoxy) is 2. The van der Waals surface area contributed by atoms with Gasteiger partial charge in [-0.15, -0.1) is 0 Å². The highest BCUT2D eigenvalue weighted by molar-refractivity contribution is 6.31. The van der Waals surface area contributed by atoms with Crippen molar-refractivity contribution in [2.24, 2.45) is 13.0 Å². The van der Waals surface area contributed by atoms with Gasteiger partial charge in [-0.2, -0.15) is 5.10 Å². The second-order valence-electron chi connectivity index (χ2n) is 13.9. The first-order valence-electron chi connectivity index (χ1n) is 16.2. The zero-order valence-corrected chi connectivity index (χ0v) is 27.6. The molecule has 1 amide bonds. The van der Waals surface area contributed by atoms with Crippen molar-refractivity contribution >= 4 is 17.5 Å². The molecule has 3 aromatic rings. The van der Waals surface area contributed by atoms with Gasteiger partial charge in [-0.1, -0.05) is 17.7 Å². The number of fused-ring (bicyclic) bond motifs is 2. The van der Waals surface area contributed by atoms with Crippen molar-refractivity contribution in [3.63, 3.8) is 0 Å². The molecule has 1 aromatic carbocycles. The Kier molecular flexibility index (Phi) is 8.18. The molecule has 3 atom stereocenters. The van der Waals surface area contributed by atoms with Gasteiger partial charge in [-0.3, -0.25) is 19.4 Å². The van der Waals surface area contributed by atoms with E-state index in [-0.39, 0.29) is 24.0 Å². The van der Waals surface area contributed by atoms with Gasteiger partial charge in [0, 0.05) is 70.0 Å². The molecule has 0 N–H and O–H groups in total. The van der Waals surface area contributed by atoms with Crippen LogP contribution in [-0.4, -0.2) is 80.9 Å². The van der Waals surface area contributed by atoms with Crippen LogP contribution in [0.3, 0.4) is 0 Å². The third-order valence-corrected chi connectivity index (χ3v) is 11.2. The normalized spacial score (nSPS) is 25.4. The largest absolute Gasteiger partial charge is 0.381 e. The number of carbonyl (C=O) groups is 1. The third kappa shape index (κ3) is 5.33. The number of rotatable bonds is 5. The van der Waals surface area contributed by atoms with Crippen LogP contribution in [0, 0.1) is 24.5 Å². The van der Waals surface area contributed by atoms with Crippen LogP contribution in [0.4, 0.5) is 8.78 Å². The molecule has 0 aliphatic carbocycles. The summed E-state index contributed by atoms with van der Waals surface area (Å²) in [4.78, 5) is 28.1. The Labute approximate surface area is 273 Å². The van der Waals surface area contributed by atoms with E-state index in [4.69, 9.17) is 26.1 Å². The summed E-state index contributed by atoms with van der Waals surface area (Å²) in [7, 11) is 1.87. The molecule has 0 bridgehead atoms. The zero-order chi connectivity index (χ0) is 32.4. The monoisotopic (exact) mass is 654 g/mol. The fourth-order valence-electron chi connectivity index (χ4n) is 8.27. The number of aryl methyl sites for hydroxylation is 2. The highest BCUT2D eigenvalue weighted by Crippen LogP contribution is 2.55. The van der Waals surface area contributed by atoms with E-state index in [9.17, 15) is 9.18 Å². The SMILES string of the molecule is Cc1nc2c(cc1Cl)C(C(C)(C)c1ncnn1C)OC21CCN(C(=O)[C@@H]2CN(C3CCOCC3)C[C@H]2c2ccc(F)cc2F)CC1. The van der Waals surface area contributed by atoms with Gasteiger partial charge < -0.3 is 14.4 Å². The molecule has 246 valence electrons. The van der Waals surface area contributed by atoms with E-state index >= 15 is 4.39 Å². The molecule has 46 heavy (non-hydrogen) atoms. The van der Waals surface area contributed by atoms with Crippen molar-refractivity contribution in [3.8, 4) is 0 Å². The van der Waals surface area contributed by atoms with E-state index in [0.29, 0.717) is 62.8 Å². The fraction of sp³-hybridized carbons (Fsp3) is 0.588. The quantitative estimate of drug-likeness (QED) is 0.373. The van der Waals surface area contributed by atoms with Gasteiger partial charge in [0.2, 0.25) is 5.91 Å². The lowest BCUT2D eigenvalue weighted by Gasteiger charge is -2.41. The fourth-order valence-corrected chi connectivity index (χ4v) is 8.43. The van der Waals surface area contributed by atoms with Gasteiger partial charge in [0.15, 0.2) is 0 Å². The van der Waals surface area contributed by atoms with Crippen molar-refractivity contribution in [2.75, 3.05) is 39.4 Å². The summed E-state index contributed by atoms with van der Waals surface area (Å²) in [5, 5.41) is 4.88. The Morgan fingerprint density at radius 2 is 1.83 bits per heavy atom. The highest BCUT2D eigenvalue weighted by Gasteiger charge is 2.55. The number of hydrogen-bond donors (Lipinski definition) is 0. The number of piperidine rings is 1. The first kappa shape index (κ1) is 31.6. The molecule has 7 rings (SSSR count). The second kappa shape index (κ2) is 11.9. The van der Waals surface area contributed by atoms with Crippen LogP contribution in [-0.2, 0) is 32.3 Å². The maximum absolute atomic E-state index is 15.2. The lowest BCUT2D eigenvalue weighted by Crippen LogP contribution is -2.49. The summed E-state index contributed by atoms with van der Waals surface area (Å²) in [6.07, 6.45) is 4.07. The topological polar surface area (TPSA) is 85.6 Å². The van der Waals surface area contributed by atoms with Gasteiger partial charge in [0.1, 0.15) is 29.4 Å². The van der Waals surface area contributed by atoms with Crippen LogP contribution in [0.1, 0.15) is 79.9 Å². The van der Waals surface area contributed by atoms with Gasteiger partial charge in [0.25, 0.3) is 0 Å². The summed E-state index contributed by atoms with van der Waals surface area (Å²) in [5.41, 5.74) is 1.73. The molecular weight excluding hydrogens is 614 g/mol. The van der Waals surface area contributed by atoms with Gasteiger partial charge in [0.05, 0.1) is 33.8 Å². The number of benzene rings is 1. The predicted molar refractivity (Wildman–Crippen MR) is 167 cm³/mol. The maximum atomic E-state index is 15.2. The van der Waals surface area contributed by atoms with Crippen LogP contribution in [0.25, 0.3) is 0 Å². The molecule has 1 spiro atoms. The van der Waals surface area contributed by atoms with Gasteiger partial charge >= 0.3 is 0 Å². The predicted octanol–water partition coefficient (Wildman–Crippen LogP) is 5.21. The van der Waals surface area contributed by atoms with E-state index in [1.807, 2.05) is 24.9 Å². The van der Waals surface area contributed by atoms with Crippen molar-refractivity contribution in [3.05, 3.63) is 75.6 Å². The van der Waals surface area contributed by atoms with Gasteiger partial charge in [-0.05, 0) is 64.2 Å². The molecule has 1 unspecified atom stereocenters. The number of hydrogen-bond acceptors (Lipinski definition) is 7. The average Bonchev–Trinajstić information content (AvgIpc) is 3.75. The van der Waals surface area contributed by atoms with E-state index < -0.39 is 28.6 Å². The minimum absolute atomic E-state index is 0.00700. The Hall–Kier alpha value is -2.99. The van der Waals surface area contributed by atoms with Gasteiger partial charge in [-0.25, -0.2) is 13.8 Å². The molecule has 0 saturated carbocycles. The third-order valence-electron chi connectivity index (χ3n) is 10.8. The standard InChI is InChI=1S/C34H41ClF2N6O3/c1-20-27(35)16-24-29(40-20)34(46-30(24)33(2,3)32-38-19-39-41(32)4)9-11-42(12-10-34)31(44)26-18-43(22-7-13-45-14-8-22)17-25(26)23-6-5-21(36)15-28(23)37/h5-6,15-16,19,22,25-26,30H,7-14,17-18H2,1-4H3/t25-,26+,30?/m0/s1. The minimum atomic E-state index is -0.686. The lowest BCUT2D eigenvalue weighted by atomic mass is 9.80. The minimum Gasteiger partial charge on any atom is -0.381 e. The molecule has 4 aliphatic heterocycles. The van der Waals surface area contributed by atoms with E-state index in [0.717, 1.165) is 41.7 Å². The molecule has 6 heterocycles. The summed E-state index contributed by atoms with van der Waals surface area (Å²) in [6.45, 7) is 9.49. The van der Waals surface area contributed by atoms with Crippen molar-refractivity contribution in [1.82, 2.24) is 29.5 Å². The molecule has 4 aliphatic rings. The number of amides is 1. The summed E-state index contributed by atoms with van der Waals surface area (Å²) in [6, 6.07) is 5.97. The van der Waals surface area contributed by atoms with Crippen LogP contribution >= 0.6 is 11.6 Å². The zero-order valence-electron chi connectivity index (χ0n) is 26.8. The number of carbonyl (C=O) groups excluding carboxylic acids is 1. The smallest absolute Gasteiger partial charge is 0.227 e. The first-order chi connectivity index (χ1) is 22.0. The average molecular weight is 655 g/mol. The summed E-state index contributed by atoms with van der Waals surface area (Å²) >= 11 is 6.62. The molecule has 12 heteroatoms. The highest BCUT2D eigenvalue weighted by atomic mass is 35.5. The number of likely N-dealkylation sites (tertiary alicyclic amines) is 2. The molecule has 2 aromatic heterocycles. The van der Waals surface area contributed by atoms with Crippen LogP contribution in [0.2, 0.25) is 5.02 Å². The Bertz CT molecular complexity index is 1630. The van der Waals surface area contributed by atoms with Crippen LogP contribution in [0.5, 0.6) is 0 Å². The number of pyridine rings is 1. The van der Waals surface area contributed by atoms with E-state index in [2.05, 4.69) is 28.8 Å². The Morgan fingerprint density at radius 3 is 2.50 bits per heavy atom. The van der Waals surface area contributed by atoms with Crippen molar-refractivity contribution in [1.29, 1.82) is 0 Å². The van der Waals surface area contributed by atoms with Crippen LogP contribution < -0.4 is 0 Å². The molecule has 0 radical (unpaired) electrons. The molecule has 3 saturated heterocycles. The molecule has 3 fully saturated rings. The first-order valence-corrected chi connectivity index (χ1v) is 16.6. The molecule has 9 nitrogen and oxygen atoms in total. The van der Waals surface area contributed by atoms with Crippen molar-refractivity contribution in [2.45, 2.75) is 75.5 Å². The Balaban J connectivity index is 1.15. The number of aromatic nitrogens is 4. The van der Waals surface area contributed by atoms with Crippen molar-refractivity contribution < 1.29 is 23.0 Å². The molecular formula is C34H41ClF2N6O3.